The molecule has 1 amide bonds. The molecule has 1 aromatic heterocycles. The maximum absolute atomic E-state index is 12.2. The molecule has 0 radical (unpaired) electrons. The van der Waals surface area contributed by atoms with Gasteiger partial charge in [0.15, 0.2) is 0 Å². The van der Waals surface area contributed by atoms with Crippen molar-refractivity contribution in [2.24, 2.45) is 0 Å². The number of aromatic nitrogens is 1. The number of H-pyrrole nitrogens is 1. The van der Waals surface area contributed by atoms with Crippen molar-refractivity contribution in [3.63, 3.8) is 0 Å². The van der Waals surface area contributed by atoms with Crippen LogP contribution in [0, 0.1) is 0 Å². The van der Waals surface area contributed by atoms with Crippen LogP contribution < -0.4 is 5.32 Å². The van der Waals surface area contributed by atoms with E-state index in [1.807, 2.05) is 42.5 Å². The van der Waals surface area contributed by atoms with E-state index in [0.717, 1.165) is 17.0 Å². The molecule has 3 aromatic rings. The van der Waals surface area contributed by atoms with Gasteiger partial charge in [-0.15, -0.1) is 0 Å². The molecule has 6 heteroatoms. The number of nitrogens with one attached hydrogen (secondary N) is 2. The molecule has 2 aromatic carbocycles. The molecular weight excluding hydrogens is 364 g/mol. The van der Waals surface area contributed by atoms with Crippen LogP contribution >= 0.6 is 11.6 Å². The Hall–Kier alpha value is -3.05. The summed E-state index contributed by atoms with van der Waals surface area (Å²) in [6, 6.07) is 18.7. The van der Waals surface area contributed by atoms with Gasteiger partial charge in [0.05, 0.1) is 17.7 Å². The summed E-state index contributed by atoms with van der Waals surface area (Å²) in [5.41, 5.74) is 3.82. The Morgan fingerprint density at radius 1 is 1.07 bits per heavy atom. The summed E-state index contributed by atoms with van der Waals surface area (Å²) in [5, 5.41) is 3.06. The van der Waals surface area contributed by atoms with Gasteiger partial charge in [-0.2, -0.15) is 0 Å². The molecule has 1 heterocycles. The second kappa shape index (κ2) is 8.56. The number of ether oxygens (including phenoxy) is 1. The standard InChI is InChI=1S/C21H19ClN2O3/c1-27-21(26)17-13-16(7-10-18(17)22)24-20(25)12-9-15-8-11-19(23-15)14-5-3-2-4-6-14/h2-8,10-11,13,23H,9,12H2,1H3,(H,24,25). The maximum Gasteiger partial charge on any atom is 0.339 e. The topological polar surface area (TPSA) is 71.2 Å². The molecule has 3 rings (SSSR count). The van der Waals surface area contributed by atoms with E-state index in [-0.39, 0.29) is 16.5 Å². The Balaban J connectivity index is 1.59. The van der Waals surface area contributed by atoms with Gasteiger partial charge in [-0.1, -0.05) is 41.9 Å². The second-order valence-corrected chi connectivity index (χ2v) is 6.40. The number of amides is 1. The zero-order chi connectivity index (χ0) is 19.2. The molecule has 5 nitrogen and oxygen atoms in total. The van der Waals surface area contributed by atoms with E-state index in [1.165, 1.54) is 13.2 Å². The highest BCUT2D eigenvalue weighted by atomic mass is 35.5. The molecule has 0 unspecified atom stereocenters. The van der Waals surface area contributed by atoms with E-state index in [0.29, 0.717) is 18.5 Å². The van der Waals surface area contributed by atoms with Crippen molar-refractivity contribution in [1.29, 1.82) is 0 Å². The van der Waals surface area contributed by atoms with Gasteiger partial charge < -0.3 is 15.0 Å². The van der Waals surface area contributed by atoms with E-state index in [4.69, 9.17) is 11.6 Å². The lowest BCUT2D eigenvalue weighted by Gasteiger charge is -2.08. The molecular formula is C21H19ClN2O3. The summed E-state index contributed by atoms with van der Waals surface area (Å²) in [6.45, 7) is 0. The molecule has 138 valence electrons. The number of hydrogen-bond donors (Lipinski definition) is 2. The van der Waals surface area contributed by atoms with Gasteiger partial charge in [0.25, 0.3) is 0 Å². The third-order valence-corrected chi connectivity index (χ3v) is 4.44. The summed E-state index contributed by atoms with van der Waals surface area (Å²) in [6.07, 6.45) is 0.890. The number of methoxy groups -OCH3 is 1. The van der Waals surface area contributed by atoms with Crippen molar-refractivity contribution in [3.8, 4) is 11.3 Å². The van der Waals surface area contributed by atoms with Crippen LogP contribution in [0.15, 0.2) is 60.7 Å². The molecule has 0 spiro atoms. The first-order chi connectivity index (χ1) is 13.1. The molecule has 2 N–H and O–H groups in total. The van der Waals surface area contributed by atoms with Crippen molar-refractivity contribution < 1.29 is 14.3 Å². The summed E-state index contributed by atoms with van der Waals surface area (Å²) in [4.78, 5) is 27.2. The molecule has 0 aliphatic carbocycles. The zero-order valence-corrected chi connectivity index (χ0v) is 15.5. The first kappa shape index (κ1) is 18.7. The number of hydrogen-bond acceptors (Lipinski definition) is 3. The third kappa shape index (κ3) is 4.77. The number of halogens is 1. The summed E-state index contributed by atoms with van der Waals surface area (Å²) in [5.74, 6) is -0.695. The third-order valence-electron chi connectivity index (χ3n) is 4.11. The summed E-state index contributed by atoms with van der Waals surface area (Å²) >= 11 is 5.98. The minimum atomic E-state index is -0.545. The van der Waals surface area contributed by atoms with Gasteiger partial charge in [-0.05, 0) is 42.3 Å². The Morgan fingerprint density at radius 2 is 1.85 bits per heavy atom. The Morgan fingerprint density at radius 3 is 2.59 bits per heavy atom. The molecule has 0 bridgehead atoms. The Labute approximate surface area is 162 Å². The van der Waals surface area contributed by atoms with Gasteiger partial charge in [0, 0.05) is 23.5 Å². The maximum atomic E-state index is 12.2. The van der Waals surface area contributed by atoms with Crippen LogP contribution in [0.5, 0.6) is 0 Å². The number of carbonyl (C=O) groups excluding carboxylic acids is 2. The highest BCUT2D eigenvalue weighted by Gasteiger charge is 2.13. The van der Waals surface area contributed by atoms with Crippen LogP contribution in [0.25, 0.3) is 11.3 Å². The number of esters is 1. The van der Waals surface area contributed by atoms with Crippen molar-refractivity contribution in [1.82, 2.24) is 4.98 Å². The lowest BCUT2D eigenvalue weighted by molar-refractivity contribution is -0.116. The number of rotatable bonds is 6. The highest BCUT2D eigenvalue weighted by molar-refractivity contribution is 6.33. The monoisotopic (exact) mass is 382 g/mol. The van der Waals surface area contributed by atoms with Crippen molar-refractivity contribution in [2.75, 3.05) is 12.4 Å². The molecule has 0 saturated heterocycles. The average Bonchev–Trinajstić information content (AvgIpc) is 3.17. The number of carbonyl (C=O) groups is 2. The van der Waals surface area contributed by atoms with Gasteiger partial charge in [0.1, 0.15) is 0 Å². The fourth-order valence-corrected chi connectivity index (χ4v) is 2.91. The van der Waals surface area contributed by atoms with Crippen LogP contribution in [-0.4, -0.2) is 24.0 Å². The molecule has 0 aliphatic heterocycles. The number of benzene rings is 2. The van der Waals surface area contributed by atoms with Gasteiger partial charge >= 0.3 is 5.97 Å². The normalized spacial score (nSPS) is 10.4. The van der Waals surface area contributed by atoms with Crippen LogP contribution in [-0.2, 0) is 16.0 Å². The minimum Gasteiger partial charge on any atom is -0.465 e. The first-order valence-electron chi connectivity index (χ1n) is 8.48. The lowest BCUT2D eigenvalue weighted by atomic mass is 10.2. The van der Waals surface area contributed by atoms with E-state index >= 15 is 0 Å². The molecule has 0 aliphatic rings. The summed E-state index contributed by atoms with van der Waals surface area (Å²) < 4.78 is 4.68. The Bertz CT molecular complexity index is 951. The molecule has 0 fully saturated rings. The molecule has 0 atom stereocenters. The number of aromatic amines is 1. The van der Waals surface area contributed by atoms with Crippen LogP contribution in [0.3, 0.4) is 0 Å². The van der Waals surface area contributed by atoms with E-state index in [9.17, 15) is 9.59 Å². The predicted molar refractivity (Wildman–Crippen MR) is 106 cm³/mol. The fourth-order valence-electron chi connectivity index (χ4n) is 2.71. The first-order valence-corrected chi connectivity index (χ1v) is 8.85. The fraction of sp³-hybridized carbons (Fsp3) is 0.143. The number of aryl methyl sites for hydroxylation is 1. The smallest absolute Gasteiger partial charge is 0.339 e. The summed E-state index contributed by atoms with van der Waals surface area (Å²) in [7, 11) is 1.28. The quantitative estimate of drug-likeness (QED) is 0.607. The van der Waals surface area contributed by atoms with E-state index in [2.05, 4.69) is 15.0 Å². The largest absolute Gasteiger partial charge is 0.465 e. The Kier molecular flexibility index (Phi) is 5.94. The van der Waals surface area contributed by atoms with Crippen LogP contribution in [0.2, 0.25) is 5.02 Å². The van der Waals surface area contributed by atoms with Gasteiger partial charge in [-0.3, -0.25) is 4.79 Å². The average molecular weight is 383 g/mol. The minimum absolute atomic E-state index is 0.149. The lowest BCUT2D eigenvalue weighted by Crippen LogP contribution is -2.13. The second-order valence-electron chi connectivity index (χ2n) is 6.00. The predicted octanol–water partition coefficient (Wildman–Crippen LogP) is 4.69. The van der Waals surface area contributed by atoms with Crippen molar-refractivity contribution >= 4 is 29.2 Å². The van der Waals surface area contributed by atoms with Gasteiger partial charge in [-0.25, -0.2) is 4.79 Å². The van der Waals surface area contributed by atoms with E-state index in [1.54, 1.807) is 12.1 Å². The van der Waals surface area contributed by atoms with Crippen molar-refractivity contribution in [3.05, 3.63) is 76.9 Å². The van der Waals surface area contributed by atoms with Crippen LogP contribution in [0.1, 0.15) is 22.5 Å². The zero-order valence-electron chi connectivity index (χ0n) is 14.8. The number of anilines is 1. The van der Waals surface area contributed by atoms with Crippen LogP contribution in [0.4, 0.5) is 5.69 Å². The highest BCUT2D eigenvalue weighted by Crippen LogP contribution is 2.22. The molecule has 0 saturated carbocycles. The molecule has 27 heavy (non-hydrogen) atoms. The van der Waals surface area contributed by atoms with Crippen molar-refractivity contribution in [2.45, 2.75) is 12.8 Å². The van der Waals surface area contributed by atoms with Gasteiger partial charge in [0.2, 0.25) is 5.91 Å². The van der Waals surface area contributed by atoms with E-state index < -0.39 is 5.97 Å². The SMILES string of the molecule is COC(=O)c1cc(NC(=O)CCc2ccc(-c3ccccc3)[nH]2)ccc1Cl.